The number of likely N-dealkylation sites (tertiary alicyclic amines) is 1. The Morgan fingerprint density at radius 3 is 2.50 bits per heavy atom. The number of ether oxygens (including phenoxy) is 1. The standard InChI is InChI=1S/C16H26N4O3S/c1-10-4-19(5-11(2)23-10)6-13-7-20(8-14(13)9-21)16(22)15-12(3)17-18-24-15/h10-11,13-14,21H,4-9H2,1-3H3/t10-,11+,13-,14-/m1/s1. The van der Waals surface area contributed by atoms with Crippen molar-refractivity contribution in [2.75, 3.05) is 39.3 Å². The van der Waals surface area contributed by atoms with Crippen molar-refractivity contribution < 1.29 is 14.6 Å². The van der Waals surface area contributed by atoms with E-state index in [1.807, 2.05) is 11.8 Å². The summed E-state index contributed by atoms with van der Waals surface area (Å²) in [5.41, 5.74) is 0.685. The quantitative estimate of drug-likeness (QED) is 0.855. The third-order valence-corrected chi connectivity index (χ3v) is 5.75. The molecular formula is C16H26N4O3S. The Morgan fingerprint density at radius 1 is 1.25 bits per heavy atom. The molecule has 0 aliphatic carbocycles. The molecule has 2 aliphatic rings. The van der Waals surface area contributed by atoms with Crippen LogP contribution in [0.25, 0.3) is 0 Å². The van der Waals surface area contributed by atoms with Crippen LogP contribution < -0.4 is 0 Å². The van der Waals surface area contributed by atoms with Crippen molar-refractivity contribution in [3.8, 4) is 0 Å². The van der Waals surface area contributed by atoms with Crippen LogP contribution in [-0.2, 0) is 4.74 Å². The third kappa shape index (κ3) is 3.77. The Labute approximate surface area is 146 Å². The van der Waals surface area contributed by atoms with Crippen LogP contribution in [0.3, 0.4) is 0 Å². The van der Waals surface area contributed by atoms with E-state index in [9.17, 15) is 9.90 Å². The van der Waals surface area contributed by atoms with E-state index in [0.29, 0.717) is 23.7 Å². The highest BCUT2D eigenvalue weighted by molar-refractivity contribution is 7.07. The Bertz CT molecular complexity index is 571. The van der Waals surface area contributed by atoms with Gasteiger partial charge in [-0.15, -0.1) is 5.10 Å². The normalized spacial score (nSPS) is 31.6. The van der Waals surface area contributed by atoms with Gasteiger partial charge < -0.3 is 14.7 Å². The van der Waals surface area contributed by atoms with E-state index in [-0.39, 0.29) is 36.6 Å². The number of aromatic nitrogens is 2. The molecule has 0 spiro atoms. The molecule has 0 saturated carbocycles. The van der Waals surface area contributed by atoms with Crippen LogP contribution in [-0.4, -0.2) is 81.9 Å². The van der Waals surface area contributed by atoms with E-state index in [0.717, 1.165) is 31.2 Å². The van der Waals surface area contributed by atoms with E-state index >= 15 is 0 Å². The maximum Gasteiger partial charge on any atom is 0.267 e. The van der Waals surface area contributed by atoms with Gasteiger partial charge in [0, 0.05) is 45.2 Å². The highest BCUT2D eigenvalue weighted by atomic mass is 32.1. The van der Waals surface area contributed by atoms with Gasteiger partial charge in [-0.1, -0.05) is 4.49 Å². The van der Waals surface area contributed by atoms with Crippen LogP contribution in [0.5, 0.6) is 0 Å². The first-order valence-electron chi connectivity index (χ1n) is 8.54. The molecule has 0 unspecified atom stereocenters. The number of carbonyl (C=O) groups is 1. The first-order valence-corrected chi connectivity index (χ1v) is 9.32. The fourth-order valence-corrected chi connectivity index (χ4v) is 4.48. The molecule has 134 valence electrons. The van der Waals surface area contributed by atoms with Gasteiger partial charge in [0.25, 0.3) is 5.91 Å². The smallest absolute Gasteiger partial charge is 0.267 e. The molecule has 24 heavy (non-hydrogen) atoms. The molecule has 8 heteroatoms. The van der Waals surface area contributed by atoms with Crippen molar-refractivity contribution in [3.63, 3.8) is 0 Å². The molecule has 4 atom stereocenters. The topological polar surface area (TPSA) is 78.8 Å². The number of hydrogen-bond acceptors (Lipinski definition) is 7. The molecule has 2 aliphatic heterocycles. The van der Waals surface area contributed by atoms with Gasteiger partial charge >= 0.3 is 0 Å². The minimum atomic E-state index is -0.00726. The number of rotatable bonds is 4. The van der Waals surface area contributed by atoms with E-state index in [1.165, 1.54) is 0 Å². The summed E-state index contributed by atoms with van der Waals surface area (Å²) in [4.78, 5) is 17.5. The van der Waals surface area contributed by atoms with Gasteiger partial charge in [0.1, 0.15) is 4.88 Å². The zero-order valence-corrected chi connectivity index (χ0v) is 15.3. The molecular weight excluding hydrogens is 328 g/mol. The number of carbonyl (C=O) groups excluding carboxylic acids is 1. The summed E-state index contributed by atoms with van der Waals surface area (Å²) in [6, 6.07) is 0. The molecule has 3 heterocycles. The Balaban J connectivity index is 1.64. The molecule has 1 amide bonds. The second kappa shape index (κ2) is 7.43. The van der Waals surface area contributed by atoms with Crippen molar-refractivity contribution >= 4 is 17.4 Å². The average Bonchev–Trinajstić information content (AvgIpc) is 3.11. The van der Waals surface area contributed by atoms with Gasteiger partial charge in [-0.3, -0.25) is 9.69 Å². The first kappa shape index (κ1) is 17.7. The molecule has 2 saturated heterocycles. The lowest BCUT2D eigenvalue weighted by molar-refractivity contribution is -0.0726. The van der Waals surface area contributed by atoms with Crippen molar-refractivity contribution in [1.29, 1.82) is 0 Å². The lowest BCUT2D eigenvalue weighted by Crippen LogP contribution is -2.48. The molecule has 0 aromatic carbocycles. The minimum absolute atomic E-state index is 0.00726. The fourth-order valence-electron chi connectivity index (χ4n) is 3.85. The number of aliphatic hydroxyl groups excluding tert-OH is 1. The molecule has 1 aromatic heterocycles. The van der Waals surface area contributed by atoms with Crippen molar-refractivity contribution in [2.24, 2.45) is 11.8 Å². The maximum absolute atomic E-state index is 12.7. The van der Waals surface area contributed by atoms with Gasteiger partial charge in [-0.05, 0) is 38.2 Å². The van der Waals surface area contributed by atoms with Gasteiger partial charge in [0.05, 0.1) is 17.9 Å². The van der Waals surface area contributed by atoms with Gasteiger partial charge in [0.15, 0.2) is 0 Å². The number of hydrogen-bond donors (Lipinski definition) is 1. The molecule has 2 fully saturated rings. The van der Waals surface area contributed by atoms with Crippen molar-refractivity contribution in [2.45, 2.75) is 33.0 Å². The Morgan fingerprint density at radius 2 is 1.92 bits per heavy atom. The van der Waals surface area contributed by atoms with Crippen LogP contribution in [0.15, 0.2) is 0 Å². The Kier molecular flexibility index (Phi) is 5.49. The maximum atomic E-state index is 12.7. The lowest BCUT2D eigenvalue weighted by atomic mass is 9.96. The van der Waals surface area contributed by atoms with E-state index in [2.05, 4.69) is 28.3 Å². The molecule has 0 bridgehead atoms. The first-order chi connectivity index (χ1) is 11.5. The summed E-state index contributed by atoms with van der Waals surface area (Å²) in [5, 5.41) is 13.7. The summed E-state index contributed by atoms with van der Waals surface area (Å²) in [6.07, 6.45) is 0.456. The van der Waals surface area contributed by atoms with Gasteiger partial charge in [0.2, 0.25) is 0 Å². The number of aryl methyl sites for hydroxylation is 1. The highest BCUT2D eigenvalue weighted by Crippen LogP contribution is 2.27. The average molecular weight is 354 g/mol. The molecule has 3 rings (SSSR count). The zero-order chi connectivity index (χ0) is 17.3. The second-order valence-electron chi connectivity index (χ2n) is 7.08. The van der Waals surface area contributed by atoms with E-state index < -0.39 is 0 Å². The van der Waals surface area contributed by atoms with Crippen LogP contribution in [0.4, 0.5) is 0 Å². The molecule has 1 aromatic rings. The zero-order valence-electron chi connectivity index (χ0n) is 14.5. The number of amides is 1. The molecule has 1 N–H and O–H groups in total. The van der Waals surface area contributed by atoms with Crippen molar-refractivity contribution in [1.82, 2.24) is 19.4 Å². The van der Waals surface area contributed by atoms with Crippen LogP contribution in [0, 0.1) is 18.8 Å². The number of aliphatic hydroxyl groups is 1. The van der Waals surface area contributed by atoms with Crippen LogP contribution in [0.1, 0.15) is 29.2 Å². The van der Waals surface area contributed by atoms with Crippen molar-refractivity contribution in [3.05, 3.63) is 10.6 Å². The van der Waals surface area contributed by atoms with Gasteiger partial charge in [-0.25, -0.2) is 0 Å². The minimum Gasteiger partial charge on any atom is -0.396 e. The van der Waals surface area contributed by atoms with E-state index in [1.54, 1.807) is 0 Å². The monoisotopic (exact) mass is 354 g/mol. The SMILES string of the molecule is Cc1nnsc1C(=O)N1C[C@@H](CN2C[C@@H](C)O[C@@H](C)C2)[C@@H](CO)C1. The van der Waals surface area contributed by atoms with E-state index in [4.69, 9.17) is 4.74 Å². The predicted octanol–water partition coefficient (Wildman–Crippen LogP) is 0.636. The second-order valence-corrected chi connectivity index (χ2v) is 7.83. The highest BCUT2D eigenvalue weighted by Gasteiger charge is 2.38. The number of nitrogens with zero attached hydrogens (tertiary/aromatic N) is 4. The predicted molar refractivity (Wildman–Crippen MR) is 91.1 cm³/mol. The summed E-state index contributed by atoms with van der Waals surface area (Å²) >= 11 is 1.15. The fraction of sp³-hybridized carbons (Fsp3) is 0.812. The number of morpholine rings is 1. The van der Waals surface area contributed by atoms with Crippen LogP contribution in [0.2, 0.25) is 0 Å². The summed E-state index contributed by atoms with van der Waals surface area (Å²) in [5.74, 6) is 0.411. The Hall–Kier alpha value is -1.09. The summed E-state index contributed by atoms with van der Waals surface area (Å²) < 4.78 is 9.64. The largest absolute Gasteiger partial charge is 0.396 e. The molecule has 7 nitrogen and oxygen atoms in total. The third-order valence-electron chi connectivity index (χ3n) is 4.93. The lowest BCUT2D eigenvalue weighted by Gasteiger charge is -2.37. The van der Waals surface area contributed by atoms with Gasteiger partial charge in [-0.2, -0.15) is 0 Å². The summed E-state index contributed by atoms with van der Waals surface area (Å²) in [6.45, 7) is 10.1. The summed E-state index contributed by atoms with van der Waals surface area (Å²) in [7, 11) is 0. The van der Waals surface area contributed by atoms with Crippen LogP contribution >= 0.6 is 11.5 Å². The molecule has 0 radical (unpaired) electrons.